The standard InChI is InChI=1S/C33H45ClN6O2/c1-7-12-17-39(23(6)20-35-22-41)29-26-19-27(34)31(38-18-16-33(10-4,11-5)21-38)36-30(26)40(32(42)37-29)28-24(8-2)14-13-15-25(28)9-3/h7,13-15,19,22-23H,1,8-12,16-18,20-21H2,2-6H3,(H,35,41). The van der Waals surface area contributed by atoms with Gasteiger partial charge in [0.05, 0.1) is 16.1 Å². The lowest BCUT2D eigenvalue weighted by atomic mass is 9.82. The summed E-state index contributed by atoms with van der Waals surface area (Å²) >= 11 is 7.05. The molecular formula is C33H45ClN6O2. The lowest BCUT2D eigenvalue weighted by Crippen LogP contribution is -2.42. The number of amides is 1. The van der Waals surface area contributed by atoms with Crippen LogP contribution in [0.1, 0.15) is 71.4 Å². The topological polar surface area (TPSA) is 83.4 Å². The number of rotatable bonds is 14. The van der Waals surface area contributed by atoms with Crippen LogP contribution in [-0.2, 0) is 17.6 Å². The van der Waals surface area contributed by atoms with Crippen LogP contribution >= 0.6 is 11.6 Å². The van der Waals surface area contributed by atoms with Crippen molar-refractivity contribution in [2.75, 3.05) is 36.0 Å². The Hall–Kier alpha value is -3.39. The molecule has 2 aromatic heterocycles. The largest absolute Gasteiger partial charge is 0.357 e. The number of nitrogens with zero attached hydrogens (tertiary/aromatic N) is 5. The maximum atomic E-state index is 14.2. The number of hydrogen-bond acceptors (Lipinski definition) is 6. The van der Waals surface area contributed by atoms with Gasteiger partial charge < -0.3 is 15.1 Å². The summed E-state index contributed by atoms with van der Waals surface area (Å²) in [7, 11) is 0. The third kappa shape index (κ3) is 6.05. The van der Waals surface area contributed by atoms with Crippen molar-refractivity contribution in [1.29, 1.82) is 0 Å². The highest BCUT2D eigenvalue weighted by Crippen LogP contribution is 2.41. The first kappa shape index (κ1) is 31.5. The molecule has 9 heteroatoms. The Labute approximate surface area is 254 Å². The van der Waals surface area contributed by atoms with Crippen LogP contribution in [0.25, 0.3) is 16.7 Å². The summed E-state index contributed by atoms with van der Waals surface area (Å²) in [6, 6.07) is 7.97. The van der Waals surface area contributed by atoms with E-state index < -0.39 is 0 Å². The number of aryl methyl sites for hydroxylation is 2. The second kappa shape index (κ2) is 13.7. The Morgan fingerprint density at radius 1 is 1.17 bits per heavy atom. The number of carbonyl (C=O) groups is 1. The summed E-state index contributed by atoms with van der Waals surface area (Å²) in [5, 5.41) is 4.02. The van der Waals surface area contributed by atoms with Gasteiger partial charge in [0.15, 0.2) is 5.65 Å². The van der Waals surface area contributed by atoms with Gasteiger partial charge in [0.1, 0.15) is 11.6 Å². The predicted octanol–water partition coefficient (Wildman–Crippen LogP) is 6.09. The van der Waals surface area contributed by atoms with Crippen molar-refractivity contribution in [3.63, 3.8) is 0 Å². The summed E-state index contributed by atoms with van der Waals surface area (Å²) < 4.78 is 1.69. The molecule has 0 saturated carbocycles. The van der Waals surface area contributed by atoms with E-state index in [1.165, 1.54) is 0 Å². The van der Waals surface area contributed by atoms with E-state index in [0.29, 0.717) is 53.6 Å². The van der Waals surface area contributed by atoms with Crippen LogP contribution in [0.2, 0.25) is 5.02 Å². The van der Waals surface area contributed by atoms with Gasteiger partial charge in [0, 0.05) is 32.2 Å². The SMILES string of the molecule is C=CCCN(c1nc(=O)n(-c2c(CC)cccc2CC)c2nc(N3CCC(CC)(CC)C3)c(Cl)cc12)C(C)CNC=O. The highest BCUT2D eigenvalue weighted by atomic mass is 35.5. The molecular weight excluding hydrogens is 548 g/mol. The van der Waals surface area contributed by atoms with Crippen LogP contribution in [0.4, 0.5) is 11.6 Å². The number of aromatic nitrogens is 3. The first-order valence-corrected chi connectivity index (χ1v) is 15.7. The number of carbonyl (C=O) groups excluding carboxylic acids is 1. The highest BCUT2D eigenvalue weighted by molar-refractivity contribution is 6.33. The summed E-state index contributed by atoms with van der Waals surface area (Å²) in [6.45, 7) is 17.3. The second-order valence-corrected chi connectivity index (χ2v) is 11.8. The van der Waals surface area contributed by atoms with Crippen molar-refractivity contribution in [2.45, 2.75) is 79.2 Å². The smallest absolute Gasteiger partial charge is 0.355 e. The summed E-state index contributed by atoms with van der Waals surface area (Å²) in [4.78, 5) is 39.5. The van der Waals surface area contributed by atoms with Crippen LogP contribution in [-0.4, -0.2) is 53.2 Å². The first-order valence-electron chi connectivity index (χ1n) is 15.3. The molecule has 0 aliphatic carbocycles. The first-order chi connectivity index (χ1) is 20.3. The molecule has 1 atom stereocenters. The van der Waals surface area contributed by atoms with Crippen molar-refractivity contribution in [3.8, 4) is 5.69 Å². The Bertz CT molecular complexity index is 1460. The van der Waals surface area contributed by atoms with Crippen LogP contribution < -0.4 is 20.8 Å². The van der Waals surface area contributed by atoms with Gasteiger partial charge in [-0.25, -0.2) is 14.3 Å². The predicted molar refractivity (Wildman–Crippen MR) is 174 cm³/mol. The van der Waals surface area contributed by atoms with Crippen molar-refractivity contribution < 1.29 is 4.79 Å². The molecule has 4 rings (SSSR count). The molecule has 1 amide bonds. The van der Waals surface area contributed by atoms with Crippen LogP contribution in [0.5, 0.6) is 0 Å². The normalized spacial score (nSPS) is 15.1. The number of hydrogen-bond donors (Lipinski definition) is 1. The van der Waals surface area contributed by atoms with E-state index in [0.717, 1.165) is 62.0 Å². The van der Waals surface area contributed by atoms with Crippen LogP contribution in [0.15, 0.2) is 41.7 Å². The molecule has 0 spiro atoms. The van der Waals surface area contributed by atoms with E-state index in [2.05, 4.69) is 56.6 Å². The van der Waals surface area contributed by atoms with E-state index >= 15 is 0 Å². The fourth-order valence-corrected chi connectivity index (χ4v) is 6.55. The van der Waals surface area contributed by atoms with Crippen molar-refractivity contribution in [3.05, 3.63) is 63.6 Å². The molecule has 1 aliphatic heterocycles. The van der Waals surface area contributed by atoms with Gasteiger partial charge in [-0.3, -0.25) is 4.79 Å². The molecule has 1 unspecified atom stereocenters. The van der Waals surface area contributed by atoms with Crippen molar-refractivity contribution >= 4 is 40.7 Å². The third-order valence-corrected chi connectivity index (χ3v) is 9.36. The minimum atomic E-state index is -0.383. The molecule has 1 aromatic carbocycles. The van der Waals surface area contributed by atoms with E-state index in [9.17, 15) is 9.59 Å². The maximum Gasteiger partial charge on any atom is 0.355 e. The van der Waals surface area contributed by atoms with Crippen molar-refractivity contribution in [2.24, 2.45) is 5.41 Å². The highest BCUT2D eigenvalue weighted by Gasteiger charge is 2.36. The lowest BCUT2D eigenvalue weighted by Gasteiger charge is -2.31. The molecule has 0 radical (unpaired) electrons. The average molecular weight is 593 g/mol. The van der Waals surface area contributed by atoms with E-state index in [-0.39, 0.29) is 17.1 Å². The molecule has 1 aliphatic rings. The Morgan fingerprint density at radius 2 is 1.86 bits per heavy atom. The molecule has 1 N–H and O–H groups in total. The number of halogens is 1. The fourth-order valence-electron chi connectivity index (χ4n) is 6.28. The second-order valence-electron chi connectivity index (χ2n) is 11.4. The van der Waals surface area contributed by atoms with Crippen LogP contribution in [0, 0.1) is 5.41 Å². The third-order valence-electron chi connectivity index (χ3n) is 9.08. The molecule has 3 aromatic rings. The quantitative estimate of drug-likeness (QED) is 0.180. The average Bonchev–Trinajstić information content (AvgIpc) is 3.44. The van der Waals surface area contributed by atoms with Gasteiger partial charge in [0.2, 0.25) is 6.41 Å². The minimum Gasteiger partial charge on any atom is -0.357 e. The zero-order valence-electron chi connectivity index (χ0n) is 25.8. The Balaban J connectivity index is 2.05. The van der Waals surface area contributed by atoms with Crippen molar-refractivity contribution in [1.82, 2.24) is 19.9 Å². The monoisotopic (exact) mass is 592 g/mol. The summed E-state index contributed by atoms with van der Waals surface area (Å²) in [6.07, 6.45) is 8.01. The van der Waals surface area contributed by atoms with Crippen LogP contribution in [0.3, 0.4) is 0 Å². The summed E-state index contributed by atoms with van der Waals surface area (Å²) in [5.74, 6) is 1.22. The summed E-state index contributed by atoms with van der Waals surface area (Å²) in [5.41, 5.74) is 3.37. The maximum absolute atomic E-state index is 14.2. The van der Waals surface area contributed by atoms with Gasteiger partial charge >= 0.3 is 5.69 Å². The number of para-hydroxylation sites is 1. The van der Waals surface area contributed by atoms with E-state index in [1.807, 2.05) is 30.0 Å². The molecule has 1 saturated heterocycles. The zero-order valence-corrected chi connectivity index (χ0v) is 26.5. The van der Waals surface area contributed by atoms with Gasteiger partial charge in [-0.15, -0.1) is 6.58 Å². The fraction of sp³-hybridized carbons (Fsp3) is 0.515. The lowest BCUT2D eigenvalue weighted by molar-refractivity contribution is -0.109. The molecule has 1 fully saturated rings. The Morgan fingerprint density at radius 3 is 2.43 bits per heavy atom. The number of fused-ring (bicyclic) bond motifs is 1. The molecule has 0 bridgehead atoms. The van der Waals surface area contributed by atoms with E-state index in [1.54, 1.807) is 4.57 Å². The molecule has 3 heterocycles. The number of benzene rings is 1. The van der Waals surface area contributed by atoms with Gasteiger partial charge in [0.25, 0.3) is 0 Å². The zero-order chi connectivity index (χ0) is 30.4. The van der Waals surface area contributed by atoms with Gasteiger partial charge in [-0.1, -0.05) is 63.6 Å². The number of pyridine rings is 1. The Kier molecular flexibility index (Phi) is 10.3. The minimum absolute atomic E-state index is 0.137. The van der Waals surface area contributed by atoms with E-state index in [4.69, 9.17) is 21.6 Å². The molecule has 226 valence electrons. The number of nitrogens with one attached hydrogen (secondary N) is 1. The molecule has 42 heavy (non-hydrogen) atoms. The molecule has 8 nitrogen and oxygen atoms in total. The van der Waals surface area contributed by atoms with Gasteiger partial charge in [-0.2, -0.15) is 4.98 Å². The van der Waals surface area contributed by atoms with Gasteiger partial charge in [-0.05, 0) is 68.1 Å². The number of anilines is 2.